The Balaban J connectivity index is 2.45. The summed E-state index contributed by atoms with van der Waals surface area (Å²) in [5, 5.41) is 18.1. The van der Waals surface area contributed by atoms with E-state index in [4.69, 9.17) is 10.00 Å². The van der Waals surface area contributed by atoms with E-state index in [1.165, 1.54) is 18.2 Å². The Morgan fingerprint density at radius 2 is 2.09 bits per heavy atom. The van der Waals surface area contributed by atoms with Crippen LogP contribution in [0.5, 0.6) is 0 Å². The second-order valence-corrected chi connectivity index (χ2v) is 5.04. The molecule has 0 amide bonds. The summed E-state index contributed by atoms with van der Waals surface area (Å²) in [6, 6.07) is 10.7. The Morgan fingerprint density at radius 1 is 1.30 bits per heavy atom. The molecule has 4 nitrogen and oxygen atoms in total. The van der Waals surface area contributed by atoms with Crippen molar-refractivity contribution >= 4 is 5.97 Å². The predicted molar refractivity (Wildman–Crippen MR) is 83.5 cm³/mol. The first-order chi connectivity index (χ1) is 11.1. The van der Waals surface area contributed by atoms with Crippen LogP contribution in [0.4, 0.5) is 4.39 Å². The van der Waals surface area contributed by atoms with Gasteiger partial charge in [-0.2, -0.15) is 5.26 Å². The van der Waals surface area contributed by atoms with E-state index in [1.807, 2.05) is 6.92 Å². The number of nitriles is 1. The van der Waals surface area contributed by atoms with Crippen molar-refractivity contribution in [2.24, 2.45) is 0 Å². The van der Waals surface area contributed by atoms with Crippen molar-refractivity contribution < 1.29 is 19.0 Å². The standard InChI is InChI=1S/C18H16FNO3/c1-2-7-23-11-12-3-6-15(18(21)22)16(8-12)13-4-5-14(10-20)17(19)9-13/h3-6,8-9H,2,7,11H2,1H3,(H,21,22). The third-order valence-corrected chi connectivity index (χ3v) is 3.33. The molecule has 23 heavy (non-hydrogen) atoms. The highest BCUT2D eigenvalue weighted by Gasteiger charge is 2.14. The zero-order valence-electron chi connectivity index (χ0n) is 12.7. The highest BCUT2D eigenvalue weighted by atomic mass is 19.1. The van der Waals surface area contributed by atoms with E-state index >= 15 is 0 Å². The number of halogens is 1. The average Bonchev–Trinajstić information content (AvgIpc) is 2.54. The number of benzene rings is 2. The van der Waals surface area contributed by atoms with Crippen molar-refractivity contribution in [2.75, 3.05) is 6.61 Å². The summed E-state index contributed by atoms with van der Waals surface area (Å²) in [4.78, 5) is 11.4. The number of carbonyl (C=O) groups is 1. The molecule has 1 N–H and O–H groups in total. The number of carboxylic acids is 1. The Kier molecular flexibility index (Phi) is 5.45. The molecule has 0 aromatic heterocycles. The summed E-state index contributed by atoms with van der Waals surface area (Å²) in [6.45, 7) is 2.97. The quantitative estimate of drug-likeness (QED) is 0.819. The fourth-order valence-corrected chi connectivity index (χ4v) is 2.21. The largest absolute Gasteiger partial charge is 0.478 e. The lowest BCUT2D eigenvalue weighted by Crippen LogP contribution is -2.02. The van der Waals surface area contributed by atoms with E-state index in [1.54, 1.807) is 24.3 Å². The molecule has 0 fully saturated rings. The first-order valence-electron chi connectivity index (χ1n) is 7.20. The SMILES string of the molecule is CCCOCc1ccc(C(=O)O)c(-c2ccc(C#N)c(F)c2)c1. The highest BCUT2D eigenvalue weighted by Crippen LogP contribution is 2.27. The van der Waals surface area contributed by atoms with Crippen molar-refractivity contribution in [1.29, 1.82) is 5.26 Å². The maximum absolute atomic E-state index is 13.8. The molecule has 2 rings (SSSR count). The van der Waals surface area contributed by atoms with Crippen LogP contribution in [0.15, 0.2) is 36.4 Å². The molecule has 0 aliphatic rings. The summed E-state index contributed by atoms with van der Waals surface area (Å²) in [7, 11) is 0. The fourth-order valence-electron chi connectivity index (χ4n) is 2.21. The minimum Gasteiger partial charge on any atom is -0.478 e. The monoisotopic (exact) mass is 313 g/mol. The maximum atomic E-state index is 13.8. The van der Waals surface area contributed by atoms with Crippen LogP contribution in [0.1, 0.15) is 34.8 Å². The van der Waals surface area contributed by atoms with Crippen LogP contribution in [0.3, 0.4) is 0 Å². The summed E-state index contributed by atoms with van der Waals surface area (Å²) in [5.74, 6) is -1.76. The van der Waals surface area contributed by atoms with Crippen LogP contribution in [-0.4, -0.2) is 17.7 Å². The van der Waals surface area contributed by atoms with Crippen molar-refractivity contribution in [1.82, 2.24) is 0 Å². The van der Waals surface area contributed by atoms with Crippen molar-refractivity contribution in [3.8, 4) is 17.2 Å². The highest BCUT2D eigenvalue weighted by molar-refractivity contribution is 5.96. The van der Waals surface area contributed by atoms with Gasteiger partial charge in [0.1, 0.15) is 11.9 Å². The summed E-state index contributed by atoms with van der Waals surface area (Å²) >= 11 is 0. The van der Waals surface area contributed by atoms with Gasteiger partial charge in [0.25, 0.3) is 0 Å². The zero-order chi connectivity index (χ0) is 16.8. The Morgan fingerprint density at radius 3 is 2.70 bits per heavy atom. The third-order valence-electron chi connectivity index (χ3n) is 3.33. The van der Waals surface area contributed by atoms with Crippen LogP contribution in [0.25, 0.3) is 11.1 Å². The molecule has 118 valence electrons. The van der Waals surface area contributed by atoms with Gasteiger partial charge in [-0.25, -0.2) is 9.18 Å². The van der Waals surface area contributed by atoms with Crippen LogP contribution < -0.4 is 0 Å². The molecular formula is C18H16FNO3. The number of carboxylic acid groups (broad SMARTS) is 1. The van der Waals surface area contributed by atoms with Gasteiger partial charge in [0.15, 0.2) is 0 Å². The Bertz CT molecular complexity index is 765. The molecule has 0 unspecified atom stereocenters. The van der Waals surface area contributed by atoms with Gasteiger partial charge in [-0.15, -0.1) is 0 Å². The lowest BCUT2D eigenvalue weighted by atomic mass is 9.96. The second-order valence-electron chi connectivity index (χ2n) is 5.04. The lowest BCUT2D eigenvalue weighted by molar-refractivity contribution is 0.0697. The predicted octanol–water partition coefficient (Wildman–Crippen LogP) is 3.99. The molecule has 0 atom stereocenters. The average molecular weight is 313 g/mol. The molecule has 0 bridgehead atoms. The lowest BCUT2D eigenvalue weighted by Gasteiger charge is -2.10. The molecule has 5 heteroatoms. The smallest absolute Gasteiger partial charge is 0.336 e. The van der Waals surface area contributed by atoms with Gasteiger partial charge in [0.05, 0.1) is 17.7 Å². The molecular weight excluding hydrogens is 297 g/mol. The van der Waals surface area contributed by atoms with Gasteiger partial charge in [0, 0.05) is 6.61 Å². The van der Waals surface area contributed by atoms with Gasteiger partial charge in [-0.05, 0) is 47.4 Å². The summed E-state index contributed by atoms with van der Waals surface area (Å²) < 4.78 is 19.3. The number of hydrogen-bond acceptors (Lipinski definition) is 3. The Labute approximate surface area is 133 Å². The van der Waals surface area contributed by atoms with E-state index in [0.29, 0.717) is 24.3 Å². The van der Waals surface area contributed by atoms with Crippen LogP contribution in [-0.2, 0) is 11.3 Å². The molecule has 0 spiro atoms. The zero-order valence-corrected chi connectivity index (χ0v) is 12.7. The van der Waals surface area contributed by atoms with Crippen LogP contribution in [0, 0.1) is 17.1 Å². The molecule has 0 radical (unpaired) electrons. The number of ether oxygens (including phenoxy) is 1. The first kappa shape index (κ1) is 16.7. The minimum atomic E-state index is -1.09. The third kappa shape index (κ3) is 3.93. The van der Waals surface area contributed by atoms with Crippen molar-refractivity contribution in [3.63, 3.8) is 0 Å². The Hall–Kier alpha value is -2.71. The van der Waals surface area contributed by atoms with Gasteiger partial charge >= 0.3 is 5.97 Å². The van der Waals surface area contributed by atoms with Gasteiger partial charge in [-0.3, -0.25) is 0 Å². The van der Waals surface area contributed by atoms with Gasteiger partial charge < -0.3 is 9.84 Å². The van der Waals surface area contributed by atoms with Gasteiger partial charge in [-0.1, -0.05) is 19.1 Å². The molecule has 2 aromatic rings. The van der Waals surface area contributed by atoms with E-state index < -0.39 is 11.8 Å². The minimum absolute atomic E-state index is 0.0759. The fraction of sp³-hybridized carbons (Fsp3) is 0.222. The molecule has 0 saturated carbocycles. The van der Waals surface area contributed by atoms with Crippen molar-refractivity contribution in [2.45, 2.75) is 20.0 Å². The van der Waals surface area contributed by atoms with E-state index in [9.17, 15) is 14.3 Å². The van der Waals surface area contributed by atoms with Crippen molar-refractivity contribution in [3.05, 3.63) is 58.9 Å². The molecule has 2 aromatic carbocycles. The summed E-state index contributed by atoms with van der Waals surface area (Å²) in [5.41, 5.74) is 1.62. The van der Waals surface area contributed by atoms with Gasteiger partial charge in [0.2, 0.25) is 0 Å². The molecule has 0 heterocycles. The van der Waals surface area contributed by atoms with Crippen LogP contribution in [0.2, 0.25) is 0 Å². The summed E-state index contributed by atoms with van der Waals surface area (Å²) in [6.07, 6.45) is 0.890. The normalized spacial score (nSPS) is 10.3. The molecule has 0 saturated heterocycles. The second kappa shape index (κ2) is 7.52. The number of rotatable bonds is 6. The van der Waals surface area contributed by atoms with E-state index in [0.717, 1.165) is 12.0 Å². The first-order valence-corrected chi connectivity index (χ1v) is 7.20. The topological polar surface area (TPSA) is 70.3 Å². The van der Waals surface area contributed by atoms with E-state index in [-0.39, 0.29) is 11.1 Å². The van der Waals surface area contributed by atoms with E-state index in [2.05, 4.69) is 0 Å². The number of aromatic carboxylic acids is 1. The maximum Gasteiger partial charge on any atom is 0.336 e. The number of hydrogen-bond donors (Lipinski definition) is 1. The molecule has 0 aliphatic heterocycles. The number of nitrogens with zero attached hydrogens (tertiary/aromatic N) is 1. The van der Waals surface area contributed by atoms with Crippen LogP contribution >= 0.6 is 0 Å². The molecule has 0 aliphatic carbocycles.